The number of amides is 1. The number of benzene rings is 3. The van der Waals surface area contributed by atoms with E-state index >= 15 is 0 Å². The molecule has 3 aromatic carbocycles. The second-order valence-corrected chi connectivity index (χ2v) is 7.12. The first-order valence-corrected chi connectivity index (χ1v) is 9.72. The van der Waals surface area contributed by atoms with Crippen LogP contribution in [0.4, 0.5) is 11.5 Å². The summed E-state index contributed by atoms with van der Waals surface area (Å²) in [5.41, 5.74) is 1.45. The van der Waals surface area contributed by atoms with Crippen LogP contribution in [0.2, 0.25) is 0 Å². The highest BCUT2D eigenvalue weighted by molar-refractivity contribution is 6.07. The summed E-state index contributed by atoms with van der Waals surface area (Å²) in [6, 6.07) is 19.4. The van der Waals surface area contributed by atoms with Gasteiger partial charge in [0.2, 0.25) is 0 Å². The second-order valence-electron chi connectivity index (χ2n) is 7.12. The van der Waals surface area contributed by atoms with E-state index in [4.69, 9.17) is 4.74 Å². The molecule has 1 amide bonds. The average Bonchev–Trinajstić information content (AvgIpc) is 2.82. The van der Waals surface area contributed by atoms with Crippen LogP contribution in [0.25, 0.3) is 22.0 Å². The molecule has 160 valence electrons. The molecule has 0 radical (unpaired) electrons. The molecule has 1 heterocycles. The zero-order chi connectivity index (χ0) is 22.8. The van der Waals surface area contributed by atoms with E-state index in [1.165, 1.54) is 31.4 Å². The van der Waals surface area contributed by atoms with Gasteiger partial charge in [-0.05, 0) is 42.0 Å². The maximum absolute atomic E-state index is 13.5. The van der Waals surface area contributed by atoms with Crippen molar-refractivity contribution in [2.24, 2.45) is 7.05 Å². The molecule has 0 unspecified atom stereocenters. The smallest absolute Gasteiger partial charge is 0.269 e. The Balaban J connectivity index is 1.89. The molecule has 0 aliphatic rings. The first-order valence-electron chi connectivity index (χ1n) is 9.72. The van der Waals surface area contributed by atoms with Gasteiger partial charge in [-0.15, -0.1) is 0 Å². The van der Waals surface area contributed by atoms with Crippen LogP contribution in [0.1, 0.15) is 10.4 Å². The second kappa shape index (κ2) is 8.35. The van der Waals surface area contributed by atoms with Gasteiger partial charge in [0, 0.05) is 30.1 Å². The first kappa shape index (κ1) is 20.8. The summed E-state index contributed by atoms with van der Waals surface area (Å²) in [4.78, 5) is 36.8. The predicted octanol–water partition coefficient (Wildman–Crippen LogP) is 4.37. The molecule has 0 saturated heterocycles. The van der Waals surface area contributed by atoms with Crippen molar-refractivity contribution in [2.75, 3.05) is 12.4 Å². The fourth-order valence-corrected chi connectivity index (χ4v) is 3.60. The van der Waals surface area contributed by atoms with Gasteiger partial charge in [-0.25, -0.2) is 0 Å². The van der Waals surface area contributed by atoms with Crippen molar-refractivity contribution in [1.82, 2.24) is 4.57 Å². The van der Waals surface area contributed by atoms with E-state index < -0.39 is 10.8 Å². The number of nitro benzene ring substituents is 1. The molecule has 8 nitrogen and oxygen atoms in total. The number of rotatable bonds is 5. The number of para-hydroxylation sites is 1. The Morgan fingerprint density at radius 1 is 1.03 bits per heavy atom. The Hall–Kier alpha value is -4.46. The Morgan fingerprint density at radius 2 is 1.75 bits per heavy atom. The van der Waals surface area contributed by atoms with E-state index in [2.05, 4.69) is 5.32 Å². The van der Waals surface area contributed by atoms with E-state index in [9.17, 15) is 19.7 Å². The molecule has 0 aliphatic heterocycles. The van der Waals surface area contributed by atoms with Crippen LogP contribution >= 0.6 is 0 Å². The predicted molar refractivity (Wildman–Crippen MR) is 122 cm³/mol. The summed E-state index contributed by atoms with van der Waals surface area (Å²) in [5, 5.41) is 14.2. The topological polar surface area (TPSA) is 103 Å². The van der Waals surface area contributed by atoms with Crippen LogP contribution in [-0.4, -0.2) is 22.5 Å². The molecule has 1 N–H and O–H groups in total. The standard InChI is InChI=1S/C24H19N3O5/c1-26-20-9-4-3-8-19(20)22(28)21(16-6-5-7-18(14-16)32-2)23(26)25-24(29)15-10-12-17(13-11-15)27(30)31/h3-14H,1-2H3,(H,25,29). The fourth-order valence-electron chi connectivity index (χ4n) is 3.60. The van der Waals surface area contributed by atoms with Gasteiger partial charge in [0.05, 0.1) is 23.1 Å². The number of nitrogens with zero attached hydrogens (tertiary/aromatic N) is 2. The summed E-state index contributed by atoms with van der Waals surface area (Å²) < 4.78 is 7.05. The lowest BCUT2D eigenvalue weighted by atomic mass is 10.0. The highest BCUT2D eigenvalue weighted by atomic mass is 16.6. The molecule has 0 saturated carbocycles. The van der Waals surface area contributed by atoms with Gasteiger partial charge in [0.1, 0.15) is 11.6 Å². The third kappa shape index (κ3) is 3.69. The van der Waals surface area contributed by atoms with Crippen molar-refractivity contribution < 1.29 is 14.5 Å². The zero-order valence-corrected chi connectivity index (χ0v) is 17.4. The summed E-state index contributed by atoms with van der Waals surface area (Å²) in [5.74, 6) is 0.394. The number of aryl methyl sites for hydroxylation is 1. The number of pyridine rings is 1. The lowest BCUT2D eigenvalue weighted by molar-refractivity contribution is -0.384. The van der Waals surface area contributed by atoms with Crippen molar-refractivity contribution in [3.63, 3.8) is 0 Å². The normalized spacial score (nSPS) is 10.7. The molecule has 0 aliphatic carbocycles. The lowest BCUT2D eigenvalue weighted by Crippen LogP contribution is -2.21. The van der Waals surface area contributed by atoms with Gasteiger partial charge < -0.3 is 14.6 Å². The Labute approximate surface area is 182 Å². The zero-order valence-electron chi connectivity index (χ0n) is 17.4. The van der Waals surface area contributed by atoms with Gasteiger partial charge >= 0.3 is 0 Å². The van der Waals surface area contributed by atoms with Crippen molar-refractivity contribution in [2.45, 2.75) is 0 Å². The van der Waals surface area contributed by atoms with E-state index in [-0.39, 0.29) is 16.7 Å². The number of hydrogen-bond acceptors (Lipinski definition) is 5. The number of fused-ring (bicyclic) bond motifs is 1. The van der Waals surface area contributed by atoms with Crippen molar-refractivity contribution >= 4 is 28.3 Å². The van der Waals surface area contributed by atoms with Crippen LogP contribution in [0.5, 0.6) is 5.75 Å². The molecule has 8 heteroatoms. The number of methoxy groups -OCH3 is 1. The highest BCUT2D eigenvalue weighted by Crippen LogP contribution is 2.30. The van der Waals surface area contributed by atoms with Crippen LogP contribution < -0.4 is 15.5 Å². The summed E-state index contributed by atoms with van der Waals surface area (Å²) in [7, 11) is 3.30. The van der Waals surface area contributed by atoms with E-state index in [0.717, 1.165) is 0 Å². The molecule has 0 fully saturated rings. The molecule has 0 atom stereocenters. The maximum atomic E-state index is 13.5. The van der Waals surface area contributed by atoms with Crippen molar-refractivity contribution in [3.8, 4) is 16.9 Å². The maximum Gasteiger partial charge on any atom is 0.269 e. The minimum absolute atomic E-state index is 0.114. The number of hydrogen-bond donors (Lipinski definition) is 1. The van der Waals surface area contributed by atoms with Crippen molar-refractivity contribution in [1.29, 1.82) is 0 Å². The van der Waals surface area contributed by atoms with Gasteiger partial charge in [-0.3, -0.25) is 19.7 Å². The third-order valence-electron chi connectivity index (χ3n) is 5.24. The van der Waals surface area contributed by atoms with Gasteiger partial charge in [0.15, 0.2) is 5.43 Å². The third-order valence-corrected chi connectivity index (χ3v) is 5.24. The molecular weight excluding hydrogens is 410 g/mol. The first-order chi connectivity index (χ1) is 15.4. The number of aromatic nitrogens is 1. The Kier molecular flexibility index (Phi) is 5.43. The van der Waals surface area contributed by atoms with Gasteiger partial charge in [-0.2, -0.15) is 0 Å². The molecule has 4 rings (SSSR count). The average molecular weight is 429 g/mol. The van der Waals surface area contributed by atoms with Crippen LogP contribution in [-0.2, 0) is 7.05 Å². The molecule has 0 bridgehead atoms. The van der Waals surface area contributed by atoms with Gasteiger partial charge in [-0.1, -0.05) is 24.3 Å². The van der Waals surface area contributed by atoms with Crippen LogP contribution in [0, 0.1) is 10.1 Å². The van der Waals surface area contributed by atoms with Crippen molar-refractivity contribution in [3.05, 3.63) is 98.7 Å². The summed E-state index contributed by atoms with van der Waals surface area (Å²) in [6.07, 6.45) is 0. The minimum Gasteiger partial charge on any atom is -0.497 e. The number of nitro groups is 1. The lowest BCUT2D eigenvalue weighted by Gasteiger charge is -2.18. The molecule has 4 aromatic rings. The van der Waals surface area contributed by atoms with E-state index in [1.807, 2.05) is 6.07 Å². The number of anilines is 1. The van der Waals surface area contributed by atoms with E-state index in [0.29, 0.717) is 33.6 Å². The molecule has 0 spiro atoms. The molecular formula is C24H19N3O5. The quantitative estimate of drug-likeness (QED) is 0.375. The largest absolute Gasteiger partial charge is 0.497 e. The Bertz CT molecular complexity index is 1410. The van der Waals surface area contributed by atoms with Gasteiger partial charge in [0.25, 0.3) is 11.6 Å². The number of nitrogens with one attached hydrogen (secondary N) is 1. The minimum atomic E-state index is -0.532. The number of ether oxygens (including phenoxy) is 1. The summed E-state index contributed by atoms with van der Waals surface area (Å²) >= 11 is 0. The number of carbonyl (C=O) groups excluding carboxylic acids is 1. The number of carbonyl (C=O) groups is 1. The van der Waals surface area contributed by atoms with E-state index in [1.54, 1.807) is 54.1 Å². The molecule has 32 heavy (non-hydrogen) atoms. The Morgan fingerprint density at radius 3 is 2.44 bits per heavy atom. The SMILES string of the molecule is COc1cccc(-c2c(NC(=O)c3ccc([N+](=O)[O-])cc3)n(C)c3ccccc3c2=O)c1. The van der Waals surface area contributed by atoms with Crippen LogP contribution in [0.15, 0.2) is 77.6 Å². The van der Waals surface area contributed by atoms with Crippen LogP contribution in [0.3, 0.4) is 0 Å². The summed E-state index contributed by atoms with van der Waals surface area (Å²) in [6.45, 7) is 0. The highest BCUT2D eigenvalue weighted by Gasteiger charge is 2.20. The fraction of sp³-hybridized carbons (Fsp3) is 0.0833. The number of non-ortho nitro benzene ring substituents is 1. The monoisotopic (exact) mass is 429 g/mol. The molecule has 1 aromatic heterocycles.